The lowest BCUT2D eigenvalue weighted by atomic mass is 10.1. The summed E-state index contributed by atoms with van der Waals surface area (Å²) in [5, 5.41) is 3.04. The largest absolute Gasteiger partial charge is 0.352 e. The summed E-state index contributed by atoms with van der Waals surface area (Å²) in [6.07, 6.45) is 7.27. The third-order valence-electron chi connectivity index (χ3n) is 4.97. The van der Waals surface area contributed by atoms with Gasteiger partial charge in [0, 0.05) is 26.6 Å². The van der Waals surface area contributed by atoms with Crippen molar-refractivity contribution < 1.29 is 4.79 Å². The molecule has 0 aliphatic carbocycles. The molecule has 0 saturated carbocycles. The molecule has 2 heterocycles. The lowest BCUT2D eigenvalue weighted by molar-refractivity contribution is -0.120. The maximum absolute atomic E-state index is 13.0. The molecule has 0 aromatic carbocycles. The molecular weight excluding hydrogens is 414 g/mol. The van der Waals surface area contributed by atoms with E-state index < -0.39 is 10.8 Å². The van der Waals surface area contributed by atoms with Crippen molar-refractivity contribution in [2.45, 2.75) is 76.1 Å². The summed E-state index contributed by atoms with van der Waals surface area (Å²) in [4.78, 5) is 47.4. The molecule has 0 bridgehead atoms. The molecule has 2 aromatic heterocycles. The van der Waals surface area contributed by atoms with Crippen LogP contribution >= 0.6 is 11.8 Å². The fourth-order valence-corrected chi connectivity index (χ4v) is 4.23. The van der Waals surface area contributed by atoms with Gasteiger partial charge in [0.05, 0.1) is 5.25 Å². The van der Waals surface area contributed by atoms with Crippen molar-refractivity contribution in [3.63, 3.8) is 0 Å². The summed E-state index contributed by atoms with van der Waals surface area (Å²) in [7, 11) is 1.46. The summed E-state index contributed by atoms with van der Waals surface area (Å²) in [6.45, 7) is 10.3. The number of nitrogens with one attached hydrogen (secondary N) is 1. The molecular formula is C22H33N5O3S. The van der Waals surface area contributed by atoms with Gasteiger partial charge in [-0.15, -0.1) is 6.58 Å². The van der Waals surface area contributed by atoms with Gasteiger partial charge in [0.15, 0.2) is 5.65 Å². The number of hydrogen-bond donors (Lipinski definition) is 1. The average Bonchev–Trinajstić information content (AvgIpc) is 2.76. The molecule has 1 amide bonds. The molecule has 1 unspecified atom stereocenters. The highest BCUT2D eigenvalue weighted by molar-refractivity contribution is 8.00. The standard InChI is InChI=1S/C22H33N5O3S/c1-6-9-10-11-12-16-24-18-17(21(29)26(5)22(30)27(18)14-8-3)20(25-16)31-15(4)19(28)23-13-7-2/h7,15H,2,6,8-14H2,1,3-5H3,(H,23,28). The van der Waals surface area contributed by atoms with Crippen LogP contribution in [0.3, 0.4) is 0 Å². The maximum atomic E-state index is 13.0. The van der Waals surface area contributed by atoms with Crippen LogP contribution in [0.5, 0.6) is 0 Å². The third-order valence-corrected chi connectivity index (χ3v) is 6.06. The summed E-state index contributed by atoms with van der Waals surface area (Å²) < 4.78 is 2.63. The first-order valence-corrected chi connectivity index (χ1v) is 11.8. The molecule has 9 heteroatoms. The topological polar surface area (TPSA) is 98.9 Å². The number of amides is 1. The minimum Gasteiger partial charge on any atom is -0.352 e. The van der Waals surface area contributed by atoms with Gasteiger partial charge in [0.1, 0.15) is 16.2 Å². The Bertz CT molecular complexity index is 1040. The smallest absolute Gasteiger partial charge is 0.332 e. The maximum Gasteiger partial charge on any atom is 0.332 e. The second-order valence-electron chi connectivity index (χ2n) is 7.55. The molecule has 0 radical (unpaired) electrons. The van der Waals surface area contributed by atoms with E-state index in [1.807, 2.05) is 6.92 Å². The predicted octanol–water partition coefficient (Wildman–Crippen LogP) is 2.81. The Morgan fingerprint density at radius 2 is 1.94 bits per heavy atom. The monoisotopic (exact) mass is 447 g/mol. The third kappa shape index (κ3) is 6.06. The predicted molar refractivity (Wildman–Crippen MR) is 126 cm³/mol. The Morgan fingerprint density at radius 3 is 2.58 bits per heavy atom. The number of aryl methyl sites for hydroxylation is 2. The van der Waals surface area contributed by atoms with Gasteiger partial charge >= 0.3 is 5.69 Å². The van der Waals surface area contributed by atoms with Gasteiger partial charge in [-0.1, -0.05) is 50.9 Å². The van der Waals surface area contributed by atoms with Gasteiger partial charge in [-0.05, 0) is 19.8 Å². The van der Waals surface area contributed by atoms with Crippen molar-refractivity contribution in [3.05, 3.63) is 39.3 Å². The van der Waals surface area contributed by atoms with Gasteiger partial charge in [-0.25, -0.2) is 14.8 Å². The zero-order valence-electron chi connectivity index (χ0n) is 18.9. The van der Waals surface area contributed by atoms with E-state index in [-0.39, 0.29) is 11.6 Å². The summed E-state index contributed by atoms with van der Waals surface area (Å²) in [5.41, 5.74) is -0.467. The van der Waals surface area contributed by atoms with Crippen molar-refractivity contribution in [1.29, 1.82) is 0 Å². The summed E-state index contributed by atoms with van der Waals surface area (Å²) in [6, 6.07) is 0. The van der Waals surface area contributed by atoms with Crippen LogP contribution in [0.4, 0.5) is 0 Å². The Hall–Kier alpha value is -2.42. The first-order chi connectivity index (χ1) is 14.8. The number of nitrogens with zero attached hydrogens (tertiary/aromatic N) is 4. The average molecular weight is 448 g/mol. The highest BCUT2D eigenvalue weighted by atomic mass is 32.2. The van der Waals surface area contributed by atoms with Crippen LogP contribution in [0.1, 0.15) is 58.7 Å². The van der Waals surface area contributed by atoms with E-state index in [1.54, 1.807) is 17.6 Å². The van der Waals surface area contributed by atoms with Crippen LogP contribution in [0.15, 0.2) is 27.3 Å². The van der Waals surface area contributed by atoms with E-state index in [0.29, 0.717) is 41.4 Å². The zero-order valence-corrected chi connectivity index (χ0v) is 19.8. The van der Waals surface area contributed by atoms with Crippen molar-refractivity contribution in [2.24, 2.45) is 7.05 Å². The van der Waals surface area contributed by atoms with Crippen LogP contribution in [0, 0.1) is 0 Å². The van der Waals surface area contributed by atoms with E-state index in [9.17, 15) is 14.4 Å². The molecule has 1 N–H and O–H groups in total. The number of fused-ring (bicyclic) bond motifs is 1. The quantitative estimate of drug-likeness (QED) is 0.232. The van der Waals surface area contributed by atoms with Crippen LogP contribution in [0.25, 0.3) is 11.0 Å². The summed E-state index contributed by atoms with van der Waals surface area (Å²) >= 11 is 1.22. The molecule has 2 aromatic rings. The number of rotatable bonds is 12. The van der Waals surface area contributed by atoms with E-state index in [1.165, 1.54) is 18.8 Å². The molecule has 0 spiro atoms. The highest BCUT2D eigenvalue weighted by Crippen LogP contribution is 2.27. The van der Waals surface area contributed by atoms with E-state index >= 15 is 0 Å². The molecule has 31 heavy (non-hydrogen) atoms. The number of unbranched alkanes of at least 4 members (excludes halogenated alkanes) is 3. The fraction of sp³-hybridized carbons (Fsp3) is 0.591. The normalized spacial score (nSPS) is 12.1. The first kappa shape index (κ1) is 24.8. The van der Waals surface area contributed by atoms with Gasteiger partial charge in [0.2, 0.25) is 5.91 Å². The molecule has 0 fully saturated rings. The number of thioether (sulfide) groups is 1. The van der Waals surface area contributed by atoms with Crippen molar-refractivity contribution in [1.82, 2.24) is 24.4 Å². The fourth-order valence-electron chi connectivity index (χ4n) is 3.25. The van der Waals surface area contributed by atoms with Gasteiger partial charge in [-0.3, -0.25) is 18.7 Å². The Morgan fingerprint density at radius 1 is 1.19 bits per heavy atom. The Labute approximate surface area is 187 Å². The van der Waals surface area contributed by atoms with Gasteiger partial charge in [-0.2, -0.15) is 0 Å². The van der Waals surface area contributed by atoms with Gasteiger partial charge < -0.3 is 5.32 Å². The summed E-state index contributed by atoms with van der Waals surface area (Å²) in [5.74, 6) is 0.433. The van der Waals surface area contributed by atoms with E-state index in [4.69, 9.17) is 0 Å². The number of carbonyl (C=O) groups excluding carboxylic acids is 1. The Kier molecular flexibility index (Phi) is 9.48. The number of hydrogen-bond acceptors (Lipinski definition) is 6. The van der Waals surface area contributed by atoms with Crippen molar-refractivity contribution >= 4 is 28.7 Å². The second-order valence-corrected chi connectivity index (χ2v) is 8.88. The minimum absolute atomic E-state index is 0.167. The van der Waals surface area contributed by atoms with Crippen LogP contribution in [-0.4, -0.2) is 36.8 Å². The molecule has 0 saturated heterocycles. The van der Waals surface area contributed by atoms with E-state index in [2.05, 4.69) is 28.8 Å². The van der Waals surface area contributed by atoms with Gasteiger partial charge in [0.25, 0.3) is 5.56 Å². The lowest BCUT2D eigenvalue weighted by Crippen LogP contribution is -2.39. The molecule has 1 atom stereocenters. The van der Waals surface area contributed by atoms with Crippen molar-refractivity contribution in [3.8, 4) is 0 Å². The zero-order chi connectivity index (χ0) is 23.0. The molecule has 2 rings (SSSR count). The minimum atomic E-state index is -0.470. The lowest BCUT2D eigenvalue weighted by Gasteiger charge is -2.16. The van der Waals surface area contributed by atoms with Crippen LogP contribution in [0.2, 0.25) is 0 Å². The molecule has 0 aliphatic heterocycles. The first-order valence-electron chi connectivity index (χ1n) is 10.9. The van der Waals surface area contributed by atoms with Crippen LogP contribution in [-0.2, 0) is 24.8 Å². The number of carbonyl (C=O) groups is 1. The van der Waals surface area contributed by atoms with Crippen molar-refractivity contribution in [2.75, 3.05) is 6.54 Å². The second kappa shape index (κ2) is 11.8. The Balaban J connectivity index is 2.60. The van der Waals surface area contributed by atoms with Crippen LogP contribution < -0.4 is 16.6 Å². The highest BCUT2D eigenvalue weighted by Gasteiger charge is 2.22. The SMILES string of the molecule is C=CCNC(=O)C(C)Sc1nc(CCCCCC)nc2c1c(=O)n(C)c(=O)n2CCC. The molecule has 170 valence electrons. The molecule has 8 nitrogen and oxygen atoms in total. The van der Waals surface area contributed by atoms with E-state index in [0.717, 1.165) is 36.7 Å². The number of aromatic nitrogens is 4. The molecule has 0 aliphatic rings.